The lowest BCUT2D eigenvalue weighted by Crippen LogP contribution is -2.50. The number of nitrogens with zero attached hydrogens (tertiary/aromatic N) is 3. The number of hydrogen-bond acceptors (Lipinski definition) is 4. The lowest BCUT2D eigenvalue weighted by atomic mass is 10.1. The Kier molecular flexibility index (Phi) is 12.8. The molecule has 7 nitrogen and oxygen atoms in total. The molecule has 2 rings (SSSR count). The molecular formula is C22H38FIN6O. The molecule has 1 aromatic carbocycles. The fourth-order valence-corrected chi connectivity index (χ4v) is 3.67. The van der Waals surface area contributed by atoms with Crippen molar-refractivity contribution < 1.29 is 9.18 Å². The van der Waals surface area contributed by atoms with Gasteiger partial charge in [0.05, 0.1) is 18.8 Å². The van der Waals surface area contributed by atoms with Crippen LogP contribution in [0.1, 0.15) is 39.2 Å². The summed E-state index contributed by atoms with van der Waals surface area (Å²) in [4.78, 5) is 20.4. The molecule has 1 amide bonds. The van der Waals surface area contributed by atoms with Crippen LogP contribution in [0.5, 0.6) is 0 Å². The van der Waals surface area contributed by atoms with E-state index in [1.54, 1.807) is 13.1 Å². The van der Waals surface area contributed by atoms with E-state index in [0.717, 1.165) is 57.1 Å². The number of aliphatic imine (C=N–C) groups is 1. The molecule has 1 heterocycles. The van der Waals surface area contributed by atoms with Crippen LogP contribution in [0.15, 0.2) is 23.2 Å². The van der Waals surface area contributed by atoms with Crippen molar-refractivity contribution in [1.82, 2.24) is 20.9 Å². The van der Waals surface area contributed by atoms with E-state index >= 15 is 0 Å². The van der Waals surface area contributed by atoms with Gasteiger partial charge in [-0.2, -0.15) is 0 Å². The number of carbonyl (C=O) groups excluding carboxylic acids is 1. The van der Waals surface area contributed by atoms with Gasteiger partial charge in [-0.05, 0) is 51.3 Å². The molecule has 31 heavy (non-hydrogen) atoms. The normalized spacial score (nSPS) is 15.2. The maximum Gasteiger partial charge on any atom is 0.233 e. The van der Waals surface area contributed by atoms with E-state index in [-0.39, 0.29) is 35.7 Å². The Hall–Kier alpha value is -1.62. The highest BCUT2D eigenvalue weighted by atomic mass is 127. The summed E-state index contributed by atoms with van der Waals surface area (Å²) < 4.78 is 14.5. The number of hydrogen-bond donors (Lipinski definition) is 3. The Morgan fingerprint density at radius 3 is 2.45 bits per heavy atom. The molecule has 0 saturated carbocycles. The maximum absolute atomic E-state index is 14.5. The number of carbonyl (C=O) groups is 1. The number of guanidine groups is 1. The lowest BCUT2D eigenvalue weighted by Gasteiger charge is -2.32. The summed E-state index contributed by atoms with van der Waals surface area (Å²) >= 11 is 0. The SMILES string of the molecule is CCNC(=NCc1ccc(N(CC)CC)c(F)c1)NC1CCN(CC(=O)NC)CC1.I. The number of halogens is 2. The van der Waals surface area contributed by atoms with Crippen LogP contribution in [0.4, 0.5) is 10.1 Å². The molecule has 0 aliphatic carbocycles. The minimum atomic E-state index is -0.201. The van der Waals surface area contributed by atoms with Gasteiger partial charge in [0.15, 0.2) is 5.96 Å². The van der Waals surface area contributed by atoms with Crippen LogP contribution >= 0.6 is 24.0 Å². The van der Waals surface area contributed by atoms with Gasteiger partial charge in [0.1, 0.15) is 5.82 Å². The van der Waals surface area contributed by atoms with Crippen molar-refractivity contribution in [2.24, 2.45) is 4.99 Å². The minimum absolute atomic E-state index is 0. The summed E-state index contributed by atoms with van der Waals surface area (Å²) in [6.07, 6.45) is 1.91. The van der Waals surface area contributed by atoms with Crippen LogP contribution in [-0.4, -0.2) is 69.1 Å². The van der Waals surface area contributed by atoms with Gasteiger partial charge in [0, 0.05) is 45.8 Å². The van der Waals surface area contributed by atoms with E-state index in [9.17, 15) is 9.18 Å². The topological polar surface area (TPSA) is 72.0 Å². The highest BCUT2D eigenvalue weighted by Gasteiger charge is 2.21. The molecule has 0 spiro atoms. The first-order valence-corrected chi connectivity index (χ1v) is 11.0. The quantitative estimate of drug-likeness (QED) is 0.252. The van der Waals surface area contributed by atoms with Crippen molar-refractivity contribution in [3.05, 3.63) is 29.6 Å². The number of benzene rings is 1. The van der Waals surface area contributed by atoms with Crippen LogP contribution in [0.3, 0.4) is 0 Å². The van der Waals surface area contributed by atoms with E-state index in [4.69, 9.17) is 0 Å². The number of rotatable bonds is 9. The van der Waals surface area contributed by atoms with Crippen molar-refractivity contribution in [3.63, 3.8) is 0 Å². The van der Waals surface area contributed by atoms with Crippen LogP contribution in [0.25, 0.3) is 0 Å². The van der Waals surface area contributed by atoms with Gasteiger partial charge < -0.3 is 20.9 Å². The second kappa shape index (κ2) is 14.4. The molecule has 0 atom stereocenters. The molecule has 1 aliphatic rings. The first kappa shape index (κ1) is 27.4. The number of likely N-dealkylation sites (tertiary alicyclic amines) is 1. The van der Waals surface area contributed by atoms with Crippen molar-refractivity contribution in [1.29, 1.82) is 0 Å². The van der Waals surface area contributed by atoms with Gasteiger partial charge in [0.2, 0.25) is 5.91 Å². The van der Waals surface area contributed by atoms with E-state index in [0.29, 0.717) is 24.8 Å². The summed E-state index contributed by atoms with van der Waals surface area (Å²) in [5, 5.41) is 9.43. The van der Waals surface area contributed by atoms with Crippen LogP contribution in [0.2, 0.25) is 0 Å². The molecule has 9 heteroatoms. The van der Waals surface area contributed by atoms with Gasteiger partial charge in [-0.25, -0.2) is 9.38 Å². The predicted molar refractivity (Wildman–Crippen MR) is 137 cm³/mol. The van der Waals surface area contributed by atoms with Gasteiger partial charge in [-0.1, -0.05) is 6.07 Å². The molecule has 0 radical (unpaired) electrons. The maximum atomic E-state index is 14.5. The smallest absolute Gasteiger partial charge is 0.233 e. The summed E-state index contributed by atoms with van der Waals surface area (Å²) in [5.41, 5.74) is 1.49. The Morgan fingerprint density at radius 2 is 1.90 bits per heavy atom. The summed E-state index contributed by atoms with van der Waals surface area (Å²) in [7, 11) is 1.67. The van der Waals surface area contributed by atoms with E-state index < -0.39 is 0 Å². The number of amides is 1. The third kappa shape index (κ3) is 8.80. The molecular weight excluding hydrogens is 510 g/mol. The molecule has 1 fully saturated rings. The number of piperidine rings is 1. The Morgan fingerprint density at radius 1 is 1.23 bits per heavy atom. The summed E-state index contributed by atoms with van der Waals surface area (Å²) in [6.45, 7) is 11.0. The molecule has 1 aromatic rings. The lowest BCUT2D eigenvalue weighted by molar-refractivity contribution is -0.122. The minimum Gasteiger partial charge on any atom is -0.370 e. The molecule has 3 N–H and O–H groups in total. The highest BCUT2D eigenvalue weighted by Crippen LogP contribution is 2.20. The summed E-state index contributed by atoms with van der Waals surface area (Å²) in [5.74, 6) is 0.596. The van der Waals surface area contributed by atoms with Gasteiger partial charge in [-0.15, -0.1) is 24.0 Å². The van der Waals surface area contributed by atoms with Crippen LogP contribution in [0, 0.1) is 5.82 Å². The average Bonchev–Trinajstić information content (AvgIpc) is 2.75. The van der Waals surface area contributed by atoms with Gasteiger partial charge in [0.25, 0.3) is 0 Å². The molecule has 1 aliphatic heterocycles. The standard InChI is InChI=1S/C22H37FN6O.HI/c1-5-25-22(27-18-10-12-28(13-11-18)16-21(30)24-4)26-15-17-8-9-20(19(23)14-17)29(6-2)7-3;/h8-9,14,18H,5-7,10-13,15-16H2,1-4H3,(H,24,30)(H2,25,26,27);1H. The number of likely N-dealkylation sites (N-methyl/N-ethyl adjacent to an activating group) is 1. The van der Waals surface area contributed by atoms with E-state index in [2.05, 4.69) is 25.8 Å². The zero-order valence-electron chi connectivity index (χ0n) is 19.2. The summed E-state index contributed by atoms with van der Waals surface area (Å²) in [6, 6.07) is 5.68. The first-order valence-electron chi connectivity index (χ1n) is 11.0. The number of anilines is 1. The Labute approximate surface area is 203 Å². The Bertz CT molecular complexity index is 705. The van der Waals surface area contributed by atoms with Crippen molar-refractivity contribution in [3.8, 4) is 0 Å². The monoisotopic (exact) mass is 548 g/mol. The largest absolute Gasteiger partial charge is 0.370 e. The molecule has 0 bridgehead atoms. The van der Waals surface area contributed by atoms with Gasteiger partial charge >= 0.3 is 0 Å². The predicted octanol–water partition coefficient (Wildman–Crippen LogP) is 2.56. The molecule has 176 valence electrons. The fourth-order valence-electron chi connectivity index (χ4n) is 3.67. The third-order valence-corrected chi connectivity index (χ3v) is 5.45. The zero-order chi connectivity index (χ0) is 21.9. The van der Waals surface area contributed by atoms with Crippen LogP contribution < -0.4 is 20.9 Å². The third-order valence-electron chi connectivity index (χ3n) is 5.45. The zero-order valence-corrected chi connectivity index (χ0v) is 21.5. The fraction of sp³-hybridized carbons (Fsp3) is 0.636. The molecule has 1 saturated heterocycles. The van der Waals surface area contributed by atoms with Crippen molar-refractivity contribution in [2.45, 2.75) is 46.2 Å². The number of nitrogens with one attached hydrogen (secondary N) is 3. The van der Waals surface area contributed by atoms with Crippen LogP contribution in [-0.2, 0) is 11.3 Å². The highest BCUT2D eigenvalue weighted by molar-refractivity contribution is 14.0. The first-order chi connectivity index (χ1) is 14.5. The van der Waals surface area contributed by atoms with Crippen molar-refractivity contribution in [2.75, 3.05) is 51.2 Å². The van der Waals surface area contributed by atoms with E-state index in [1.165, 1.54) is 0 Å². The average molecular weight is 548 g/mol. The second-order valence-corrected chi connectivity index (χ2v) is 7.52. The molecule has 0 aromatic heterocycles. The van der Waals surface area contributed by atoms with Gasteiger partial charge in [-0.3, -0.25) is 9.69 Å². The molecule has 0 unspecified atom stereocenters. The van der Waals surface area contributed by atoms with Crippen molar-refractivity contribution >= 4 is 41.5 Å². The second-order valence-electron chi connectivity index (χ2n) is 7.52. The van der Waals surface area contributed by atoms with E-state index in [1.807, 2.05) is 37.8 Å². The Balaban J connectivity index is 0.00000480.